The number of para-hydroxylation sites is 1. The predicted octanol–water partition coefficient (Wildman–Crippen LogP) is 4.39. The smallest absolute Gasteiger partial charge is 0.399 e. The molecule has 4 aromatic rings. The lowest BCUT2D eigenvalue weighted by Crippen LogP contribution is -2.41. The highest BCUT2D eigenvalue weighted by Crippen LogP contribution is 2.37. The van der Waals surface area contributed by atoms with E-state index in [1.54, 1.807) is 4.57 Å². The predicted molar refractivity (Wildman–Crippen MR) is 150 cm³/mol. The number of fused-ring (bicyclic) bond motifs is 1. The molecule has 9 nitrogen and oxygen atoms in total. The minimum atomic E-state index is -0.688. The fourth-order valence-electron chi connectivity index (χ4n) is 4.59. The van der Waals surface area contributed by atoms with Crippen LogP contribution in [0.1, 0.15) is 46.4 Å². The van der Waals surface area contributed by atoms with Crippen molar-refractivity contribution in [1.29, 1.82) is 0 Å². The number of anilines is 2. The van der Waals surface area contributed by atoms with Crippen molar-refractivity contribution in [3.05, 3.63) is 88.3 Å². The van der Waals surface area contributed by atoms with Gasteiger partial charge in [0.25, 0.3) is 5.56 Å². The molecular weight excluding hydrogens is 479 g/mol. The SMILES string of the molecule is [C-]#[N+]c1cnc(N)nc1N[C@@H](C)c1cc2cccc(B3OC(C)(C)C(C)(C)O3)c2c(=O)n1-c1ccccc1. The van der Waals surface area contributed by atoms with Crippen LogP contribution in [0.15, 0.2) is 65.6 Å². The molecule has 3 N–H and O–H groups in total. The molecule has 1 atom stereocenters. The van der Waals surface area contributed by atoms with Crippen molar-refractivity contribution in [1.82, 2.24) is 14.5 Å². The monoisotopic (exact) mass is 508 g/mol. The average Bonchev–Trinajstić information content (AvgIpc) is 3.10. The molecule has 3 heterocycles. The Morgan fingerprint density at radius 1 is 1.08 bits per heavy atom. The van der Waals surface area contributed by atoms with Gasteiger partial charge in [-0.2, -0.15) is 0 Å². The first-order chi connectivity index (χ1) is 18.0. The Hall–Kier alpha value is -4.20. The summed E-state index contributed by atoms with van der Waals surface area (Å²) in [5.74, 6) is 0.358. The molecule has 1 aliphatic rings. The quantitative estimate of drug-likeness (QED) is 0.304. The Bertz CT molecular complexity index is 1610. The Balaban J connectivity index is 1.70. The third-order valence-electron chi connectivity index (χ3n) is 7.33. The number of nitrogens with zero attached hydrogens (tertiary/aromatic N) is 4. The van der Waals surface area contributed by atoms with Crippen LogP contribution in [0.2, 0.25) is 0 Å². The van der Waals surface area contributed by atoms with Crippen molar-refractivity contribution in [3.63, 3.8) is 0 Å². The van der Waals surface area contributed by atoms with Crippen LogP contribution in [-0.2, 0) is 9.31 Å². The summed E-state index contributed by atoms with van der Waals surface area (Å²) in [7, 11) is -0.688. The number of benzene rings is 2. The van der Waals surface area contributed by atoms with Crippen LogP contribution in [0.3, 0.4) is 0 Å². The van der Waals surface area contributed by atoms with Crippen LogP contribution >= 0.6 is 0 Å². The van der Waals surface area contributed by atoms with Gasteiger partial charge in [0.1, 0.15) is 5.82 Å². The molecule has 0 aliphatic carbocycles. The molecule has 0 bridgehead atoms. The van der Waals surface area contributed by atoms with Crippen LogP contribution in [0.5, 0.6) is 0 Å². The Kier molecular flexibility index (Phi) is 6.21. The standard InChI is InChI=1S/C28H29BN6O3/c1-17(33-24-21(31-6)16-32-26(30)34-24)22-15-18-11-10-14-20(29-37-27(2,3)28(4,5)38-29)23(18)25(36)35(22)19-12-8-7-9-13-19/h7-17H,1-5H3,(H3,30,32,33,34)/t17-/m0/s1. The van der Waals surface area contributed by atoms with Crippen molar-refractivity contribution in [2.45, 2.75) is 51.9 Å². The number of nitrogens with one attached hydrogen (secondary N) is 1. The molecule has 2 aromatic heterocycles. The molecule has 1 saturated heterocycles. The topological polar surface area (TPSA) is 109 Å². The van der Waals surface area contributed by atoms with E-state index in [2.05, 4.69) is 20.1 Å². The van der Waals surface area contributed by atoms with Gasteiger partial charge in [-0.3, -0.25) is 9.36 Å². The first-order valence-electron chi connectivity index (χ1n) is 12.4. The van der Waals surface area contributed by atoms with Crippen LogP contribution < -0.4 is 22.1 Å². The Morgan fingerprint density at radius 3 is 2.42 bits per heavy atom. The molecule has 0 radical (unpaired) electrons. The zero-order chi connectivity index (χ0) is 27.2. The van der Waals surface area contributed by atoms with Gasteiger partial charge in [-0.1, -0.05) is 36.4 Å². The number of rotatable bonds is 5. The second kappa shape index (κ2) is 9.28. The zero-order valence-corrected chi connectivity index (χ0v) is 22.0. The molecule has 0 amide bonds. The highest BCUT2D eigenvalue weighted by atomic mass is 16.7. The third kappa shape index (κ3) is 4.30. The van der Waals surface area contributed by atoms with E-state index in [0.29, 0.717) is 28.0 Å². The van der Waals surface area contributed by atoms with E-state index in [1.165, 1.54) is 6.20 Å². The van der Waals surface area contributed by atoms with Gasteiger partial charge in [0.15, 0.2) is 0 Å². The minimum Gasteiger partial charge on any atom is -0.399 e. The average molecular weight is 508 g/mol. The molecule has 1 fully saturated rings. The number of nitrogen functional groups attached to an aromatic ring is 1. The number of hydrogen-bond acceptors (Lipinski definition) is 7. The van der Waals surface area contributed by atoms with Gasteiger partial charge in [0, 0.05) is 23.0 Å². The summed E-state index contributed by atoms with van der Waals surface area (Å²) < 4.78 is 14.3. The summed E-state index contributed by atoms with van der Waals surface area (Å²) in [6, 6.07) is 16.7. The van der Waals surface area contributed by atoms with E-state index in [0.717, 1.165) is 5.39 Å². The zero-order valence-electron chi connectivity index (χ0n) is 22.0. The van der Waals surface area contributed by atoms with Crippen LogP contribution in [0, 0.1) is 6.57 Å². The highest BCUT2D eigenvalue weighted by molar-refractivity contribution is 6.65. The van der Waals surface area contributed by atoms with Gasteiger partial charge in [-0.15, -0.1) is 0 Å². The molecule has 2 aromatic carbocycles. The lowest BCUT2D eigenvalue weighted by Gasteiger charge is -2.32. The molecule has 0 saturated carbocycles. The van der Waals surface area contributed by atoms with E-state index >= 15 is 0 Å². The molecule has 192 valence electrons. The van der Waals surface area contributed by atoms with E-state index in [9.17, 15) is 4.79 Å². The maximum absolute atomic E-state index is 14.3. The second-order valence-corrected chi connectivity index (χ2v) is 10.4. The summed E-state index contributed by atoms with van der Waals surface area (Å²) in [5.41, 5.74) is 6.81. The van der Waals surface area contributed by atoms with Gasteiger partial charge in [0.2, 0.25) is 11.6 Å². The number of pyridine rings is 1. The van der Waals surface area contributed by atoms with Gasteiger partial charge in [0.05, 0.1) is 23.8 Å². The van der Waals surface area contributed by atoms with Crippen molar-refractivity contribution in [2.75, 3.05) is 11.1 Å². The number of hydrogen-bond donors (Lipinski definition) is 2. The molecule has 1 aliphatic heterocycles. The van der Waals surface area contributed by atoms with E-state index < -0.39 is 24.4 Å². The van der Waals surface area contributed by atoms with Gasteiger partial charge in [-0.25, -0.2) is 14.8 Å². The number of aromatic nitrogens is 3. The molecule has 5 rings (SSSR count). The molecule has 0 spiro atoms. The molecule has 0 unspecified atom stereocenters. The van der Waals surface area contributed by atoms with E-state index in [4.69, 9.17) is 21.6 Å². The molecular formula is C28H29BN6O3. The number of nitrogens with two attached hydrogens (primary N) is 1. The fraction of sp³-hybridized carbons (Fsp3) is 0.286. The summed E-state index contributed by atoms with van der Waals surface area (Å²) in [5, 5.41) is 4.54. The fourth-order valence-corrected chi connectivity index (χ4v) is 4.59. The van der Waals surface area contributed by atoms with Gasteiger partial charge in [-0.05, 0) is 63.7 Å². The van der Waals surface area contributed by atoms with E-state index in [-0.39, 0.29) is 17.2 Å². The van der Waals surface area contributed by atoms with Crippen molar-refractivity contribution in [2.24, 2.45) is 0 Å². The lowest BCUT2D eigenvalue weighted by atomic mass is 9.76. The van der Waals surface area contributed by atoms with Crippen LogP contribution in [0.4, 0.5) is 17.5 Å². The van der Waals surface area contributed by atoms with Crippen molar-refractivity contribution in [3.8, 4) is 5.69 Å². The first-order valence-corrected chi connectivity index (χ1v) is 12.4. The van der Waals surface area contributed by atoms with Gasteiger partial charge < -0.3 is 20.4 Å². The van der Waals surface area contributed by atoms with E-state index in [1.807, 2.05) is 89.2 Å². The minimum absolute atomic E-state index is 0.0538. The molecule has 10 heteroatoms. The van der Waals surface area contributed by atoms with Gasteiger partial charge >= 0.3 is 7.12 Å². The summed E-state index contributed by atoms with van der Waals surface area (Å²) in [4.78, 5) is 25.9. The molecule has 38 heavy (non-hydrogen) atoms. The third-order valence-corrected chi connectivity index (χ3v) is 7.33. The maximum Gasteiger partial charge on any atom is 0.495 e. The second-order valence-electron chi connectivity index (χ2n) is 10.4. The summed E-state index contributed by atoms with van der Waals surface area (Å²) in [6.07, 6.45) is 1.38. The Morgan fingerprint density at radius 2 is 1.76 bits per heavy atom. The maximum atomic E-state index is 14.3. The van der Waals surface area contributed by atoms with Crippen molar-refractivity contribution < 1.29 is 9.31 Å². The van der Waals surface area contributed by atoms with Crippen LogP contribution in [-0.4, -0.2) is 32.9 Å². The van der Waals surface area contributed by atoms with Crippen molar-refractivity contribution >= 4 is 40.8 Å². The summed E-state index contributed by atoms with van der Waals surface area (Å²) in [6.45, 7) is 17.3. The normalized spacial score (nSPS) is 16.8. The Labute approximate surface area is 221 Å². The summed E-state index contributed by atoms with van der Waals surface area (Å²) >= 11 is 0. The largest absolute Gasteiger partial charge is 0.495 e. The first kappa shape index (κ1) is 25.5. The lowest BCUT2D eigenvalue weighted by molar-refractivity contribution is 0.00578. The highest BCUT2D eigenvalue weighted by Gasteiger charge is 2.52. The van der Waals surface area contributed by atoms with Crippen LogP contribution in [0.25, 0.3) is 21.3 Å².